The zero-order valence-electron chi connectivity index (χ0n) is 17.7. The molecular weight excluding hydrogens is 430 g/mol. The Kier molecular flexibility index (Phi) is 7.01. The molecule has 1 amide bonds. The number of carbonyl (C=O) groups excluding carboxylic acids is 1. The molecule has 0 aliphatic heterocycles. The molecule has 3 rings (SSSR count). The van der Waals surface area contributed by atoms with Crippen LogP contribution in [0.4, 0.5) is 11.4 Å². The maximum absolute atomic E-state index is 13.3. The molecule has 0 aliphatic rings. The summed E-state index contributed by atoms with van der Waals surface area (Å²) in [6.07, 6.45) is 0. The van der Waals surface area contributed by atoms with Gasteiger partial charge in [-0.3, -0.25) is 14.9 Å². The maximum Gasteiger partial charge on any atom is 0.271 e. The zero-order chi connectivity index (χ0) is 23.3. The first-order chi connectivity index (χ1) is 15.1. The number of hydrogen-bond donors (Lipinski definition) is 1. The highest BCUT2D eigenvalue weighted by Gasteiger charge is 2.27. The Morgan fingerprint density at radius 1 is 0.969 bits per heavy atom. The smallest absolute Gasteiger partial charge is 0.271 e. The van der Waals surface area contributed by atoms with Gasteiger partial charge in [0.25, 0.3) is 5.69 Å². The second-order valence-electron chi connectivity index (χ2n) is 7.43. The number of hydrogen-bond acceptors (Lipinski definition) is 5. The molecule has 0 fully saturated rings. The SMILES string of the molecule is Cc1ccc(CN(CC(=O)Nc2cccc([N+](=O)[O-])c2)S(=O)(=O)c2ccc(C)cc2)cc1. The molecule has 0 bridgehead atoms. The van der Waals surface area contributed by atoms with Crippen molar-refractivity contribution in [2.24, 2.45) is 0 Å². The van der Waals surface area contributed by atoms with Gasteiger partial charge in [-0.25, -0.2) is 8.42 Å². The first kappa shape index (κ1) is 23.1. The van der Waals surface area contributed by atoms with Crippen LogP contribution in [0.3, 0.4) is 0 Å². The summed E-state index contributed by atoms with van der Waals surface area (Å²) in [7, 11) is -3.97. The molecule has 0 aliphatic carbocycles. The number of aryl methyl sites for hydroxylation is 2. The summed E-state index contributed by atoms with van der Waals surface area (Å²) in [4.78, 5) is 23.2. The Balaban J connectivity index is 1.87. The molecule has 8 nitrogen and oxygen atoms in total. The lowest BCUT2D eigenvalue weighted by Gasteiger charge is -2.22. The van der Waals surface area contributed by atoms with Crippen LogP contribution in [0.2, 0.25) is 0 Å². The van der Waals surface area contributed by atoms with E-state index < -0.39 is 27.4 Å². The molecule has 3 aromatic carbocycles. The number of carbonyl (C=O) groups is 1. The fourth-order valence-electron chi connectivity index (χ4n) is 3.04. The number of amides is 1. The predicted molar refractivity (Wildman–Crippen MR) is 122 cm³/mol. The van der Waals surface area contributed by atoms with Crippen LogP contribution in [0.15, 0.2) is 77.7 Å². The average Bonchev–Trinajstić information content (AvgIpc) is 2.75. The first-order valence-corrected chi connectivity index (χ1v) is 11.3. The molecular formula is C23H23N3O5S. The molecule has 0 aromatic heterocycles. The van der Waals surface area contributed by atoms with Gasteiger partial charge in [0.2, 0.25) is 15.9 Å². The van der Waals surface area contributed by atoms with Crippen molar-refractivity contribution in [2.75, 3.05) is 11.9 Å². The predicted octanol–water partition coefficient (Wildman–Crippen LogP) is 4.04. The summed E-state index contributed by atoms with van der Waals surface area (Å²) in [6, 6.07) is 19.2. The third kappa shape index (κ3) is 5.77. The van der Waals surface area contributed by atoms with Crippen molar-refractivity contribution in [3.63, 3.8) is 0 Å². The summed E-state index contributed by atoms with van der Waals surface area (Å²) >= 11 is 0. The van der Waals surface area contributed by atoms with Gasteiger partial charge >= 0.3 is 0 Å². The maximum atomic E-state index is 13.3. The van der Waals surface area contributed by atoms with E-state index in [0.29, 0.717) is 0 Å². The fourth-order valence-corrected chi connectivity index (χ4v) is 4.42. The third-order valence-corrected chi connectivity index (χ3v) is 6.60. The van der Waals surface area contributed by atoms with Crippen LogP contribution in [-0.4, -0.2) is 30.1 Å². The second kappa shape index (κ2) is 9.71. The molecule has 0 spiro atoms. The van der Waals surface area contributed by atoms with Gasteiger partial charge < -0.3 is 5.32 Å². The van der Waals surface area contributed by atoms with E-state index in [4.69, 9.17) is 0 Å². The van der Waals surface area contributed by atoms with Crippen LogP contribution in [0, 0.1) is 24.0 Å². The van der Waals surface area contributed by atoms with Gasteiger partial charge in [0.15, 0.2) is 0 Å². The largest absolute Gasteiger partial charge is 0.325 e. The summed E-state index contributed by atoms with van der Waals surface area (Å²) in [5.74, 6) is -0.603. The van der Waals surface area contributed by atoms with Crippen LogP contribution < -0.4 is 5.32 Å². The number of non-ortho nitro benzene ring substituents is 1. The Bertz CT molecular complexity index is 1220. The van der Waals surface area contributed by atoms with Crippen LogP contribution in [0.5, 0.6) is 0 Å². The van der Waals surface area contributed by atoms with Crippen molar-refractivity contribution < 1.29 is 18.1 Å². The number of benzene rings is 3. The van der Waals surface area contributed by atoms with E-state index in [2.05, 4.69) is 5.32 Å². The van der Waals surface area contributed by atoms with Crippen LogP contribution in [-0.2, 0) is 21.4 Å². The third-order valence-electron chi connectivity index (χ3n) is 4.80. The summed E-state index contributed by atoms with van der Waals surface area (Å²) < 4.78 is 27.7. The number of rotatable bonds is 8. The van der Waals surface area contributed by atoms with Crippen molar-refractivity contribution in [1.82, 2.24) is 4.31 Å². The molecule has 1 N–H and O–H groups in total. The van der Waals surface area contributed by atoms with E-state index in [1.165, 1.54) is 36.4 Å². The Morgan fingerprint density at radius 2 is 1.56 bits per heavy atom. The normalized spacial score (nSPS) is 11.3. The van der Waals surface area contributed by atoms with Crippen molar-refractivity contribution >= 4 is 27.3 Å². The second-order valence-corrected chi connectivity index (χ2v) is 9.37. The van der Waals surface area contributed by atoms with E-state index in [-0.39, 0.29) is 22.8 Å². The van der Waals surface area contributed by atoms with Crippen LogP contribution in [0.25, 0.3) is 0 Å². The van der Waals surface area contributed by atoms with E-state index in [9.17, 15) is 23.3 Å². The highest BCUT2D eigenvalue weighted by atomic mass is 32.2. The lowest BCUT2D eigenvalue weighted by atomic mass is 10.1. The average molecular weight is 454 g/mol. The van der Waals surface area contributed by atoms with Crippen molar-refractivity contribution in [2.45, 2.75) is 25.3 Å². The van der Waals surface area contributed by atoms with Gasteiger partial charge in [0.1, 0.15) is 0 Å². The molecule has 32 heavy (non-hydrogen) atoms. The molecule has 3 aromatic rings. The number of nitrogens with one attached hydrogen (secondary N) is 1. The number of nitrogens with zero attached hydrogens (tertiary/aromatic N) is 2. The first-order valence-electron chi connectivity index (χ1n) is 9.82. The monoisotopic (exact) mass is 453 g/mol. The molecule has 0 saturated carbocycles. The van der Waals surface area contributed by atoms with Gasteiger partial charge in [-0.2, -0.15) is 4.31 Å². The van der Waals surface area contributed by atoms with Crippen LogP contribution in [0.1, 0.15) is 16.7 Å². The molecule has 9 heteroatoms. The highest BCUT2D eigenvalue weighted by Crippen LogP contribution is 2.21. The van der Waals surface area contributed by atoms with E-state index >= 15 is 0 Å². The minimum Gasteiger partial charge on any atom is -0.325 e. The van der Waals surface area contributed by atoms with Crippen molar-refractivity contribution in [1.29, 1.82) is 0 Å². The molecule has 0 radical (unpaired) electrons. The topological polar surface area (TPSA) is 110 Å². The molecule has 0 atom stereocenters. The van der Waals surface area contributed by atoms with Gasteiger partial charge in [-0.05, 0) is 37.6 Å². The number of sulfonamides is 1. The van der Waals surface area contributed by atoms with Gasteiger partial charge in [-0.15, -0.1) is 0 Å². The molecule has 166 valence electrons. The van der Waals surface area contributed by atoms with E-state index in [1.807, 2.05) is 38.1 Å². The fraction of sp³-hybridized carbons (Fsp3) is 0.174. The minimum absolute atomic E-state index is 0.00114. The Labute approximate surface area is 186 Å². The van der Waals surface area contributed by atoms with Gasteiger partial charge in [-0.1, -0.05) is 53.6 Å². The molecule has 0 heterocycles. The lowest BCUT2D eigenvalue weighted by molar-refractivity contribution is -0.384. The van der Waals surface area contributed by atoms with Gasteiger partial charge in [0, 0.05) is 24.4 Å². The lowest BCUT2D eigenvalue weighted by Crippen LogP contribution is -2.37. The summed E-state index contributed by atoms with van der Waals surface area (Å²) in [5.41, 5.74) is 2.72. The van der Waals surface area contributed by atoms with Crippen LogP contribution >= 0.6 is 0 Å². The van der Waals surface area contributed by atoms with Gasteiger partial charge in [0.05, 0.1) is 16.4 Å². The standard InChI is InChI=1S/C23H23N3O5S/c1-17-6-10-19(11-7-17)15-25(32(30,31)22-12-8-18(2)9-13-22)16-23(27)24-20-4-3-5-21(14-20)26(28)29/h3-14H,15-16H2,1-2H3,(H,24,27). The number of anilines is 1. The van der Waals surface area contributed by atoms with Crippen molar-refractivity contribution in [3.8, 4) is 0 Å². The molecule has 0 saturated heterocycles. The Morgan fingerprint density at radius 3 is 2.16 bits per heavy atom. The van der Waals surface area contributed by atoms with E-state index in [1.54, 1.807) is 12.1 Å². The number of nitro benzene ring substituents is 1. The van der Waals surface area contributed by atoms with Crippen molar-refractivity contribution in [3.05, 3.63) is 99.6 Å². The summed E-state index contributed by atoms with van der Waals surface area (Å²) in [5, 5.41) is 13.5. The zero-order valence-corrected chi connectivity index (χ0v) is 18.5. The number of nitro groups is 1. The highest BCUT2D eigenvalue weighted by molar-refractivity contribution is 7.89. The van der Waals surface area contributed by atoms with E-state index in [0.717, 1.165) is 21.0 Å². The quantitative estimate of drug-likeness (QED) is 0.409. The molecule has 0 unspecified atom stereocenters. The Hall–Kier alpha value is -3.56. The minimum atomic E-state index is -3.97. The summed E-state index contributed by atoms with van der Waals surface area (Å²) in [6.45, 7) is 3.33.